The maximum atomic E-state index is 6.32. The normalized spacial score (nSPS) is 11.6. The molecule has 0 saturated carbocycles. The largest absolute Gasteiger partial charge is 0.454 e. The summed E-state index contributed by atoms with van der Waals surface area (Å²) in [4.78, 5) is 0. The van der Waals surface area contributed by atoms with Gasteiger partial charge in [0, 0.05) is 15.5 Å². The van der Waals surface area contributed by atoms with Crippen molar-refractivity contribution < 1.29 is 4.42 Å². The molecule has 0 aliphatic rings. The van der Waals surface area contributed by atoms with Crippen LogP contribution in [0.1, 0.15) is 0 Å². The Morgan fingerprint density at radius 3 is 1.82 bits per heavy atom. The van der Waals surface area contributed by atoms with Crippen molar-refractivity contribution in [3.05, 3.63) is 97.1 Å². The van der Waals surface area contributed by atoms with Crippen molar-refractivity contribution in [2.45, 2.75) is 0 Å². The topological polar surface area (TPSA) is 13.1 Å². The molecule has 0 amide bonds. The summed E-state index contributed by atoms with van der Waals surface area (Å²) in [6.45, 7) is 0. The zero-order chi connectivity index (χ0) is 18.5. The number of hydrogen-bond donors (Lipinski definition) is 0. The predicted molar refractivity (Wildman–Crippen MR) is 120 cm³/mol. The van der Waals surface area contributed by atoms with Gasteiger partial charge in [-0.25, -0.2) is 0 Å². The lowest BCUT2D eigenvalue weighted by atomic mass is 10.0. The van der Waals surface area contributed by atoms with Gasteiger partial charge < -0.3 is 4.42 Å². The molecule has 2 heterocycles. The van der Waals surface area contributed by atoms with E-state index < -0.39 is 0 Å². The van der Waals surface area contributed by atoms with Crippen LogP contribution in [0.3, 0.4) is 0 Å². The van der Waals surface area contributed by atoms with Crippen molar-refractivity contribution in [1.29, 1.82) is 0 Å². The number of rotatable bonds is 2. The van der Waals surface area contributed by atoms with E-state index in [9.17, 15) is 0 Å². The van der Waals surface area contributed by atoms with Crippen LogP contribution in [0, 0.1) is 0 Å². The minimum Gasteiger partial charge on any atom is -0.454 e. The number of thiophene rings is 1. The van der Waals surface area contributed by atoms with Crippen molar-refractivity contribution in [3.63, 3.8) is 0 Å². The molecule has 0 radical (unpaired) electrons. The fourth-order valence-corrected chi connectivity index (χ4v) is 5.08. The lowest BCUT2D eigenvalue weighted by molar-refractivity contribution is 0.673. The smallest absolute Gasteiger partial charge is 0.154 e. The molecular formula is C26H16OS. The molecule has 4 aromatic carbocycles. The van der Waals surface area contributed by atoms with E-state index in [0.717, 1.165) is 11.2 Å². The highest BCUT2D eigenvalue weighted by molar-refractivity contribution is 7.26. The molecule has 6 rings (SSSR count). The third-order valence-corrected chi connectivity index (χ3v) is 6.46. The highest BCUT2D eigenvalue weighted by atomic mass is 32.1. The summed E-state index contributed by atoms with van der Waals surface area (Å²) < 4.78 is 8.82. The Morgan fingerprint density at radius 1 is 0.536 bits per heavy atom. The fraction of sp³-hybridized carbons (Fsp3) is 0. The first kappa shape index (κ1) is 15.7. The van der Waals surface area contributed by atoms with Gasteiger partial charge in [0.2, 0.25) is 0 Å². The van der Waals surface area contributed by atoms with Crippen molar-refractivity contribution in [2.24, 2.45) is 0 Å². The molecule has 6 aromatic rings. The lowest BCUT2D eigenvalue weighted by Crippen LogP contribution is -1.76. The Kier molecular flexibility index (Phi) is 3.40. The molecule has 0 saturated heterocycles. The number of hydrogen-bond acceptors (Lipinski definition) is 2. The number of fused-ring (bicyclic) bond motifs is 5. The van der Waals surface area contributed by atoms with Gasteiger partial charge in [-0.05, 0) is 46.5 Å². The summed E-state index contributed by atoms with van der Waals surface area (Å²) in [6, 6.07) is 34.1. The Morgan fingerprint density at radius 2 is 1.14 bits per heavy atom. The fourth-order valence-electron chi connectivity index (χ4n) is 3.88. The van der Waals surface area contributed by atoms with Gasteiger partial charge in [0.05, 0.1) is 4.70 Å². The van der Waals surface area contributed by atoms with E-state index in [1.54, 1.807) is 0 Å². The minimum absolute atomic E-state index is 0.955. The van der Waals surface area contributed by atoms with Crippen molar-refractivity contribution in [1.82, 2.24) is 0 Å². The quantitative estimate of drug-likeness (QED) is 0.297. The molecule has 28 heavy (non-hydrogen) atoms. The predicted octanol–water partition coefficient (Wildman–Crippen LogP) is 8.13. The summed E-state index contributed by atoms with van der Waals surface area (Å²) in [5.41, 5.74) is 6.84. The lowest BCUT2D eigenvalue weighted by Gasteiger charge is -2.01. The highest BCUT2D eigenvalue weighted by Crippen LogP contribution is 2.42. The molecule has 0 N–H and O–H groups in total. The van der Waals surface area contributed by atoms with Crippen LogP contribution >= 0.6 is 11.3 Å². The van der Waals surface area contributed by atoms with E-state index in [-0.39, 0.29) is 0 Å². The number of furan rings is 1. The zero-order valence-corrected chi connectivity index (χ0v) is 15.9. The molecule has 0 unspecified atom stereocenters. The zero-order valence-electron chi connectivity index (χ0n) is 15.1. The summed E-state index contributed by atoms with van der Waals surface area (Å²) >= 11 is 1.81. The van der Waals surface area contributed by atoms with Crippen LogP contribution in [0.2, 0.25) is 0 Å². The van der Waals surface area contributed by atoms with Gasteiger partial charge in [-0.3, -0.25) is 0 Å². The van der Waals surface area contributed by atoms with Gasteiger partial charge in [-0.1, -0.05) is 72.8 Å². The molecule has 0 aliphatic carbocycles. The summed E-state index contributed by atoms with van der Waals surface area (Å²) in [7, 11) is 0. The van der Waals surface area contributed by atoms with Crippen molar-refractivity contribution in [3.8, 4) is 22.3 Å². The maximum Gasteiger partial charge on any atom is 0.154 e. The third-order valence-electron chi connectivity index (χ3n) is 5.30. The molecule has 1 nitrogen and oxygen atoms in total. The molecule has 2 heteroatoms. The van der Waals surface area contributed by atoms with E-state index in [4.69, 9.17) is 4.42 Å². The van der Waals surface area contributed by atoms with Crippen LogP contribution in [-0.2, 0) is 0 Å². The van der Waals surface area contributed by atoms with Crippen LogP contribution in [0.25, 0.3) is 53.6 Å². The first-order chi connectivity index (χ1) is 13.9. The second-order valence-electron chi connectivity index (χ2n) is 7.02. The minimum atomic E-state index is 0.955. The van der Waals surface area contributed by atoms with Gasteiger partial charge >= 0.3 is 0 Å². The molecule has 132 valence electrons. The van der Waals surface area contributed by atoms with E-state index >= 15 is 0 Å². The van der Waals surface area contributed by atoms with Gasteiger partial charge in [0.15, 0.2) is 5.58 Å². The van der Waals surface area contributed by atoms with Crippen LogP contribution in [0.5, 0.6) is 0 Å². The first-order valence-electron chi connectivity index (χ1n) is 9.36. The molecule has 2 aromatic heterocycles. The standard InChI is InChI=1S/C26H16OS/c1-3-7-17(8-4-1)19-11-13-21-23(15-19)27-25-22-14-12-20(16-24(22)28-26(21)25)18-9-5-2-6-10-18/h1-16H. The Balaban J connectivity index is 1.53. The average molecular weight is 376 g/mol. The van der Waals surface area contributed by atoms with Crippen molar-refractivity contribution in [2.75, 3.05) is 0 Å². The molecular weight excluding hydrogens is 360 g/mol. The maximum absolute atomic E-state index is 6.32. The van der Waals surface area contributed by atoms with E-state index in [1.165, 1.54) is 42.4 Å². The van der Waals surface area contributed by atoms with Gasteiger partial charge in [-0.2, -0.15) is 0 Å². The molecule has 0 spiro atoms. The van der Waals surface area contributed by atoms with Gasteiger partial charge in [0.25, 0.3) is 0 Å². The summed E-state index contributed by atoms with van der Waals surface area (Å²) in [5.74, 6) is 0. The molecule has 0 atom stereocenters. The van der Waals surface area contributed by atoms with E-state index in [2.05, 4.69) is 91.0 Å². The Hall–Kier alpha value is -3.36. The monoisotopic (exact) mass is 376 g/mol. The third kappa shape index (κ3) is 2.39. The first-order valence-corrected chi connectivity index (χ1v) is 10.2. The van der Waals surface area contributed by atoms with Crippen LogP contribution in [-0.4, -0.2) is 0 Å². The molecule has 0 bridgehead atoms. The SMILES string of the molecule is c1ccc(-c2ccc3c(c2)oc2c4ccc(-c5ccccc5)cc4sc32)cc1. The Labute approximate surface area is 166 Å². The number of benzene rings is 4. The summed E-state index contributed by atoms with van der Waals surface area (Å²) in [6.07, 6.45) is 0. The van der Waals surface area contributed by atoms with Crippen LogP contribution < -0.4 is 0 Å². The van der Waals surface area contributed by atoms with Crippen molar-refractivity contribution >= 4 is 42.7 Å². The van der Waals surface area contributed by atoms with Gasteiger partial charge in [-0.15, -0.1) is 11.3 Å². The summed E-state index contributed by atoms with van der Waals surface area (Å²) in [5, 5.41) is 2.38. The van der Waals surface area contributed by atoms with E-state index in [0.29, 0.717) is 0 Å². The molecule has 0 fully saturated rings. The second-order valence-corrected chi connectivity index (χ2v) is 8.07. The highest BCUT2D eigenvalue weighted by Gasteiger charge is 2.15. The average Bonchev–Trinajstić information content (AvgIpc) is 3.30. The van der Waals surface area contributed by atoms with Crippen LogP contribution in [0.4, 0.5) is 0 Å². The van der Waals surface area contributed by atoms with E-state index in [1.807, 2.05) is 17.4 Å². The molecule has 0 aliphatic heterocycles. The Bertz CT molecular complexity index is 1330. The van der Waals surface area contributed by atoms with Crippen LogP contribution in [0.15, 0.2) is 101 Å². The van der Waals surface area contributed by atoms with Gasteiger partial charge in [0.1, 0.15) is 5.58 Å². The second kappa shape index (κ2) is 6.08.